The summed E-state index contributed by atoms with van der Waals surface area (Å²) < 4.78 is 5.37. The first kappa shape index (κ1) is 15.8. The number of allylic oxidation sites excluding steroid dienone is 2. The minimum Gasteiger partial charge on any atom is -0.427 e. The van der Waals surface area contributed by atoms with Crippen molar-refractivity contribution in [2.75, 3.05) is 0 Å². The molecule has 1 aliphatic rings. The van der Waals surface area contributed by atoms with Crippen molar-refractivity contribution in [3.8, 4) is 5.75 Å². The summed E-state index contributed by atoms with van der Waals surface area (Å²) in [6.07, 6.45) is 7.28. The van der Waals surface area contributed by atoms with Crippen molar-refractivity contribution in [2.24, 2.45) is 5.92 Å². The highest BCUT2D eigenvalue weighted by Gasteiger charge is 2.12. The number of rotatable bonds is 4. The Labute approximate surface area is 138 Å². The van der Waals surface area contributed by atoms with Crippen LogP contribution in [0.2, 0.25) is 0 Å². The van der Waals surface area contributed by atoms with E-state index < -0.39 is 0 Å². The summed E-state index contributed by atoms with van der Waals surface area (Å²) in [6, 6.07) is 12.4. The molecule has 0 amide bonds. The Hall–Kier alpha value is -2.09. The van der Waals surface area contributed by atoms with E-state index in [2.05, 4.69) is 31.2 Å². The molecule has 0 spiro atoms. The summed E-state index contributed by atoms with van der Waals surface area (Å²) in [6.45, 7) is 4.29. The molecular formula is C21H24O2. The summed E-state index contributed by atoms with van der Waals surface area (Å²) in [5.74, 6) is 1.28. The van der Waals surface area contributed by atoms with Gasteiger partial charge in [0.1, 0.15) is 5.75 Å². The van der Waals surface area contributed by atoms with Gasteiger partial charge < -0.3 is 4.74 Å². The summed E-state index contributed by atoms with van der Waals surface area (Å²) in [5.41, 5.74) is 2.78. The van der Waals surface area contributed by atoms with E-state index in [9.17, 15) is 4.79 Å². The van der Waals surface area contributed by atoms with Crippen molar-refractivity contribution in [3.05, 3.63) is 48.0 Å². The summed E-state index contributed by atoms with van der Waals surface area (Å²) in [4.78, 5) is 11.6. The van der Waals surface area contributed by atoms with Gasteiger partial charge in [0.15, 0.2) is 0 Å². The van der Waals surface area contributed by atoms with E-state index in [0.29, 0.717) is 12.2 Å². The van der Waals surface area contributed by atoms with Crippen LogP contribution in [0.15, 0.2) is 42.5 Å². The topological polar surface area (TPSA) is 26.3 Å². The van der Waals surface area contributed by atoms with Crippen molar-refractivity contribution >= 4 is 22.3 Å². The second kappa shape index (κ2) is 6.99. The van der Waals surface area contributed by atoms with Gasteiger partial charge in [-0.25, -0.2) is 0 Å². The van der Waals surface area contributed by atoms with Gasteiger partial charge in [0, 0.05) is 6.42 Å². The Bertz CT molecular complexity index is 743. The maximum Gasteiger partial charge on any atom is 0.311 e. The molecule has 0 N–H and O–H groups in total. The zero-order valence-electron chi connectivity index (χ0n) is 14.0. The van der Waals surface area contributed by atoms with Gasteiger partial charge in [-0.05, 0) is 71.7 Å². The van der Waals surface area contributed by atoms with Crippen LogP contribution < -0.4 is 4.74 Å². The number of fused-ring (bicyclic) bond motifs is 1. The minimum absolute atomic E-state index is 0.162. The zero-order chi connectivity index (χ0) is 16.2. The number of hydrogen-bond acceptors (Lipinski definition) is 2. The molecule has 2 nitrogen and oxygen atoms in total. The van der Waals surface area contributed by atoms with Gasteiger partial charge in [0.25, 0.3) is 0 Å². The molecule has 0 bridgehead atoms. The van der Waals surface area contributed by atoms with Crippen LogP contribution in [0.25, 0.3) is 16.3 Å². The van der Waals surface area contributed by atoms with Crippen LogP contribution in [0.4, 0.5) is 0 Å². The number of carbonyl (C=O) groups is 1. The Balaban J connectivity index is 1.83. The third-order valence-electron chi connectivity index (χ3n) is 4.54. The molecule has 2 heteroatoms. The number of benzene rings is 2. The number of esters is 1. The lowest BCUT2D eigenvalue weighted by Gasteiger charge is -2.18. The van der Waals surface area contributed by atoms with E-state index in [4.69, 9.17) is 4.74 Å². The van der Waals surface area contributed by atoms with E-state index in [1.807, 2.05) is 25.1 Å². The highest BCUT2D eigenvalue weighted by molar-refractivity contribution is 5.88. The largest absolute Gasteiger partial charge is 0.427 e. The monoisotopic (exact) mass is 308 g/mol. The van der Waals surface area contributed by atoms with Gasteiger partial charge in [-0.15, -0.1) is 0 Å². The van der Waals surface area contributed by atoms with Crippen LogP contribution in [0.3, 0.4) is 0 Å². The number of ether oxygens (including phenoxy) is 1. The van der Waals surface area contributed by atoms with E-state index in [-0.39, 0.29) is 5.97 Å². The van der Waals surface area contributed by atoms with Crippen LogP contribution >= 0.6 is 0 Å². The lowest BCUT2D eigenvalue weighted by Crippen LogP contribution is -2.06. The maximum atomic E-state index is 11.6. The lowest BCUT2D eigenvalue weighted by atomic mass is 9.87. The molecule has 0 saturated carbocycles. The van der Waals surface area contributed by atoms with Crippen molar-refractivity contribution in [3.63, 3.8) is 0 Å². The maximum absolute atomic E-state index is 11.6. The predicted molar refractivity (Wildman–Crippen MR) is 95.5 cm³/mol. The lowest BCUT2D eigenvalue weighted by molar-refractivity contribution is -0.134. The van der Waals surface area contributed by atoms with Gasteiger partial charge >= 0.3 is 5.97 Å². The third kappa shape index (κ3) is 3.82. The first-order valence-electron chi connectivity index (χ1n) is 8.59. The average molecular weight is 308 g/mol. The van der Waals surface area contributed by atoms with E-state index in [0.717, 1.165) is 17.7 Å². The number of hydrogen-bond donors (Lipinski definition) is 0. The fourth-order valence-electron chi connectivity index (χ4n) is 3.10. The molecule has 0 fully saturated rings. The van der Waals surface area contributed by atoms with Crippen molar-refractivity contribution in [1.29, 1.82) is 0 Å². The van der Waals surface area contributed by atoms with Gasteiger partial charge in [-0.3, -0.25) is 4.79 Å². The molecule has 0 saturated heterocycles. The molecule has 1 unspecified atom stereocenters. The Morgan fingerprint density at radius 2 is 1.96 bits per heavy atom. The fraction of sp³-hybridized carbons (Fsp3) is 0.381. The first-order chi connectivity index (χ1) is 11.2. The normalized spacial score (nSPS) is 17.8. The Kier molecular flexibility index (Phi) is 4.80. The second-order valence-electron chi connectivity index (χ2n) is 6.56. The van der Waals surface area contributed by atoms with Crippen LogP contribution in [0.1, 0.15) is 51.5 Å². The van der Waals surface area contributed by atoms with Crippen LogP contribution in [0, 0.1) is 5.92 Å². The minimum atomic E-state index is -0.162. The summed E-state index contributed by atoms with van der Waals surface area (Å²) in [5, 5.41) is 2.30. The van der Waals surface area contributed by atoms with E-state index in [1.165, 1.54) is 35.8 Å². The molecular weight excluding hydrogens is 284 g/mol. The van der Waals surface area contributed by atoms with E-state index >= 15 is 0 Å². The first-order valence-corrected chi connectivity index (χ1v) is 8.59. The van der Waals surface area contributed by atoms with Crippen molar-refractivity contribution in [2.45, 2.75) is 46.0 Å². The SMILES string of the molecule is CCCC(=O)Oc1ccc2cc(C3=CCC(C)CC3)ccc2c1. The third-order valence-corrected chi connectivity index (χ3v) is 4.54. The molecule has 1 aliphatic carbocycles. The fourth-order valence-corrected chi connectivity index (χ4v) is 3.10. The molecule has 120 valence electrons. The van der Waals surface area contributed by atoms with Crippen molar-refractivity contribution < 1.29 is 9.53 Å². The Morgan fingerprint density at radius 1 is 1.17 bits per heavy atom. The molecule has 1 atom stereocenters. The van der Waals surface area contributed by atoms with Gasteiger partial charge in [-0.1, -0.05) is 38.1 Å². The highest BCUT2D eigenvalue weighted by Crippen LogP contribution is 2.32. The average Bonchev–Trinajstić information content (AvgIpc) is 2.55. The number of carbonyl (C=O) groups excluding carboxylic acids is 1. The molecule has 0 aliphatic heterocycles. The van der Waals surface area contributed by atoms with Crippen LogP contribution in [-0.4, -0.2) is 5.97 Å². The molecule has 23 heavy (non-hydrogen) atoms. The molecule has 0 aromatic heterocycles. The standard InChI is InChI=1S/C21H24O2/c1-3-4-21(22)23-20-12-11-18-13-17(9-10-19(18)14-20)16-7-5-15(2)6-8-16/h7,9-15H,3-6,8H2,1-2H3. The molecule has 0 heterocycles. The highest BCUT2D eigenvalue weighted by atomic mass is 16.5. The smallest absolute Gasteiger partial charge is 0.311 e. The quantitative estimate of drug-likeness (QED) is 0.531. The molecule has 2 aromatic rings. The van der Waals surface area contributed by atoms with E-state index in [1.54, 1.807) is 0 Å². The molecule has 2 aromatic carbocycles. The van der Waals surface area contributed by atoms with Crippen LogP contribution in [0.5, 0.6) is 5.75 Å². The van der Waals surface area contributed by atoms with Gasteiger partial charge in [0.05, 0.1) is 0 Å². The Morgan fingerprint density at radius 3 is 2.70 bits per heavy atom. The van der Waals surface area contributed by atoms with Crippen LogP contribution in [-0.2, 0) is 4.79 Å². The summed E-state index contributed by atoms with van der Waals surface area (Å²) >= 11 is 0. The predicted octanol–water partition coefficient (Wildman–Crippen LogP) is 5.75. The second-order valence-corrected chi connectivity index (χ2v) is 6.56. The summed E-state index contributed by atoms with van der Waals surface area (Å²) in [7, 11) is 0. The van der Waals surface area contributed by atoms with Crippen molar-refractivity contribution in [1.82, 2.24) is 0 Å². The molecule has 0 radical (unpaired) electrons. The van der Waals surface area contributed by atoms with Gasteiger partial charge in [0.2, 0.25) is 0 Å². The zero-order valence-corrected chi connectivity index (χ0v) is 14.0. The molecule has 3 rings (SSSR count). The van der Waals surface area contributed by atoms with Gasteiger partial charge in [-0.2, -0.15) is 0 Å².